The number of ether oxygens (including phenoxy) is 1. The molecule has 152 valence electrons. The van der Waals surface area contributed by atoms with Crippen LogP contribution in [0.25, 0.3) is 5.69 Å². The number of nitrogens with zero attached hydrogens (tertiary/aromatic N) is 2. The maximum Gasteiger partial charge on any atom is 0.123 e. The molecule has 0 aliphatic rings. The van der Waals surface area contributed by atoms with Gasteiger partial charge in [0.15, 0.2) is 0 Å². The Hall–Kier alpha value is -3.41. The molecule has 4 rings (SSSR count). The molecule has 30 heavy (non-hydrogen) atoms. The first-order valence-corrected chi connectivity index (χ1v) is 10.1. The Labute approximate surface area is 176 Å². The molecule has 4 aromatic rings. The maximum absolute atomic E-state index is 11.0. The molecule has 1 heterocycles. The Morgan fingerprint density at radius 3 is 2.23 bits per heavy atom. The van der Waals surface area contributed by atoms with E-state index >= 15 is 0 Å². The summed E-state index contributed by atoms with van der Waals surface area (Å²) in [5, 5.41) is 18.0. The Balaban J connectivity index is 1.60. The summed E-state index contributed by atoms with van der Waals surface area (Å²) in [6.07, 6.45) is 1.23. The van der Waals surface area contributed by atoms with Crippen molar-refractivity contribution in [3.63, 3.8) is 0 Å². The SMILES string of the molecule is COc1ccc(-n2cc(C[NH2+]Cc3ccccc3)c([C@@H](O)c3ccccc3)n2)cc1. The molecule has 0 aliphatic heterocycles. The lowest BCUT2D eigenvalue weighted by atomic mass is 10.0. The van der Waals surface area contributed by atoms with Crippen LogP contribution in [0, 0.1) is 0 Å². The largest absolute Gasteiger partial charge is 0.497 e. The first kappa shape index (κ1) is 19.9. The van der Waals surface area contributed by atoms with E-state index < -0.39 is 6.10 Å². The van der Waals surface area contributed by atoms with E-state index in [0.29, 0.717) is 5.69 Å². The normalized spacial score (nSPS) is 11.9. The van der Waals surface area contributed by atoms with Crippen LogP contribution in [0.4, 0.5) is 0 Å². The monoisotopic (exact) mass is 400 g/mol. The van der Waals surface area contributed by atoms with E-state index in [9.17, 15) is 5.11 Å². The number of rotatable bonds is 8. The average molecular weight is 401 g/mol. The van der Waals surface area contributed by atoms with Crippen molar-refractivity contribution in [3.05, 3.63) is 114 Å². The predicted octanol–water partition coefficient (Wildman–Crippen LogP) is 3.23. The molecule has 0 amide bonds. The van der Waals surface area contributed by atoms with Crippen LogP contribution in [0.2, 0.25) is 0 Å². The second-order valence-corrected chi connectivity index (χ2v) is 7.18. The van der Waals surface area contributed by atoms with Crippen molar-refractivity contribution in [1.29, 1.82) is 0 Å². The lowest BCUT2D eigenvalue weighted by Crippen LogP contribution is -2.80. The Morgan fingerprint density at radius 1 is 0.900 bits per heavy atom. The van der Waals surface area contributed by atoms with E-state index in [1.54, 1.807) is 7.11 Å². The highest BCUT2D eigenvalue weighted by molar-refractivity contribution is 5.39. The van der Waals surface area contributed by atoms with E-state index in [-0.39, 0.29) is 0 Å². The van der Waals surface area contributed by atoms with Gasteiger partial charge >= 0.3 is 0 Å². The van der Waals surface area contributed by atoms with Gasteiger partial charge < -0.3 is 15.2 Å². The molecule has 0 fully saturated rings. The summed E-state index contributed by atoms with van der Waals surface area (Å²) in [4.78, 5) is 0. The van der Waals surface area contributed by atoms with Gasteiger partial charge in [-0.15, -0.1) is 0 Å². The third-order valence-corrected chi connectivity index (χ3v) is 5.12. The van der Waals surface area contributed by atoms with Crippen LogP contribution >= 0.6 is 0 Å². The molecule has 5 nitrogen and oxygen atoms in total. The zero-order valence-electron chi connectivity index (χ0n) is 17.0. The van der Waals surface area contributed by atoms with Crippen LogP contribution in [0.1, 0.15) is 28.5 Å². The summed E-state index contributed by atoms with van der Waals surface area (Å²) in [5.41, 5.74) is 4.72. The number of aliphatic hydroxyl groups is 1. The number of nitrogens with two attached hydrogens (primary N) is 1. The molecule has 0 saturated heterocycles. The molecule has 0 bridgehead atoms. The highest BCUT2D eigenvalue weighted by Gasteiger charge is 2.20. The van der Waals surface area contributed by atoms with Crippen molar-refractivity contribution < 1.29 is 15.2 Å². The Kier molecular flexibility index (Phi) is 6.23. The molecule has 1 aromatic heterocycles. The zero-order valence-corrected chi connectivity index (χ0v) is 17.0. The molecule has 0 unspecified atom stereocenters. The van der Waals surface area contributed by atoms with Crippen molar-refractivity contribution in [2.45, 2.75) is 19.2 Å². The van der Waals surface area contributed by atoms with Gasteiger partial charge in [-0.05, 0) is 29.8 Å². The Morgan fingerprint density at radius 2 is 1.57 bits per heavy atom. The fourth-order valence-corrected chi connectivity index (χ4v) is 3.48. The average Bonchev–Trinajstić information content (AvgIpc) is 3.24. The van der Waals surface area contributed by atoms with Crippen molar-refractivity contribution >= 4 is 0 Å². The number of aliphatic hydroxyl groups excluding tert-OH is 1. The van der Waals surface area contributed by atoms with Crippen molar-refractivity contribution in [3.8, 4) is 11.4 Å². The number of benzene rings is 3. The topological polar surface area (TPSA) is 63.9 Å². The molecule has 0 aliphatic carbocycles. The fourth-order valence-electron chi connectivity index (χ4n) is 3.48. The van der Waals surface area contributed by atoms with Crippen LogP contribution in [0.3, 0.4) is 0 Å². The molecule has 0 radical (unpaired) electrons. The molecule has 0 spiro atoms. The maximum atomic E-state index is 11.0. The number of aromatic nitrogens is 2. The minimum atomic E-state index is -0.772. The van der Waals surface area contributed by atoms with Gasteiger partial charge in [-0.1, -0.05) is 60.7 Å². The van der Waals surface area contributed by atoms with Gasteiger partial charge in [0, 0.05) is 11.8 Å². The van der Waals surface area contributed by atoms with Crippen molar-refractivity contribution in [2.75, 3.05) is 7.11 Å². The van der Waals surface area contributed by atoms with Crippen LogP contribution in [-0.2, 0) is 13.1 Å². The smallest absolute Gasteiger partial charge is 0.123 e. The molecule has 1 atom stereocenters. The lowest BCUT2D eigenvalue weighted by molar-refractivity contribution is -0.686. The summed E-state index contributed by atoms with van der Waals surface area (Å²) < 4.78 is 7.08. The third kappa shape index (κ3) is 4.59. The first-order valence-electron chi connectivity index (χ1n) is 10.1. The minimum Gasteiger partial charge on any atom is -0.497 e. The summed E-state index contributed by atoms with van der Waals surface area (Å²) in [6.45, 7) is 1.60. The van der Waals surface area contributed by atoms with E-state index in [1.807, 2.05) is 71.5 Å². The molecular weight excluding hydrogens is 374 g/mol. The van der Waals surface area contributed by atoms with Gasteiger partial charge in [0.05, 0.1) is 18.4 Å². The zero-order chi connectivity index (χ0) is 20.8. The van der Waals surface area contributed by atoms with Crippen molar-refractivity contribution in [2.24, 2.45) is 0 Å². The first-order chi connectivity index (χ1) is 14.7. The van der Waals surface area contributed by atoms with Crippen LogP contribution < -0.4 is 10.1 Å². The van der Waals surface area contributed by atoms with Gasteiger partial charge in [0.25, 0.3) is 0 Å². The number of methoxy groups -OCH3 is 1. The molecular formula is C25H26N3O2+. The number of quaternary nitrogens is 1. The van der Waals surface area contributed by atoms with Crippen LogP contribution in [0.5, 0.6) is 5.75 Å². The summed E-state index contributed by atoms with van der Waals surface area (Å²) >= 11 is 0. The van der Waals surface area contributed by atoms with Gasteiger partial charge in [-0.25, -0.2) is 4.68 Å². The second kappa shape index (κ2) is 9.39. The van der Waals surface area contributed by atoms with Crippen molar-refractivity contribution in [1.82, 2.24) is 9.78 Å². The van der Waals surface area contributed by atoms with E-state index in [0.717, 1.165) is 35.7 Å². The Bertz CT molecular complexity index is 1060. The molecule has 3 N–H and O–H groups in total. The van der Waals surface area contributed by atoms with Gasteiger partial charge in [0.1, 0.15) is 30.6 Å². The predicted molar refractivity (Wildman–Crippen MR) is 116 cm³/mol. The second-order valence-electron chi connectivity index (χ2n) is 7.18. The van der Waals surface area contributed by atoms with Crippen LogP contribution in [-0.4, -0.2) is 22.0 Å². The number of hydrogen-bond donors (Lipinski definition) is 2. The standard InChI is InChI=1S/C25H25N3O2/c1-30-23-14-12-22(13-15-23)28-18-21(17-26-16-19-8-4-2-5-9-19)24(27-28)25(29)20-10-6-3-7-11-20/h2-15,18,25-26,29H,16-17H2,1H3/p+1/t25-/m0/s1. The van der Waals surface area contributed by atoms with Gasteiger partial charge in [-0.3, -0.25) is 0 Å². The molecule has 5 heteroatoms. The third-order valence-electron chi connectivity index (χ3n) is 5.12. The number of hydrogen-bond acceptors (Lipinski definition) is 3. The summed E-state index contributed by atoms with van der Waals surface area (Å²) in [5.74, 6) is 0.798. The van der Waals surface area contributed by atoms with Crippen LogP contribution in [0.15, 0.2) is 91.1 Å². The molecule has 3 aromatic carbocycles. The summed E-state index contributed by atoms with van der Waals surface area (Å²) in [7, 11) is 1.65. The summed E-state index contributed by atoms with van der Waals surface area (Å²) in [6, 6.07) is 27.8. The minimum absolute atomic E-state index is 0.682. The highest BCUT2D eigenvalue weighted by atomic mass is 16.5. The quantitative estimate of drug-likeness (QED) is 0.477. The van der Waals surface area contributed by atoms with E-state index in [4.69, 9.17) is 9.84 Å². The van der Waals surface area contributed by atoms with E-state index in [1.165, 1.54) is 5.56 Å². The van der Waals surface area contributed by atoms with Gasteiger partial charge in [0.2, 0.25) is 0 Å². The van der Waals surface area contributed by atoms with Gasteiger partial charge in [-0.2, -0.15) is 5.10 Å². The van der Waals surface area contributed by atoms with E-state index in [2.05, 4.69) is 29.6 Å². The fraction of sp³-hybridized carbons (Fsp3) is 0.160. The molecule has 0 saturated carbocycles. The lowest BCUT2D eigenvalue weighted by Gasteiger charge is -2.10. The highest BCUT2D eigenvalue weighted by Crippen LogP contribution is 2.25.